The van der Waals surface area contributed by atoms with E-state index in [1.54, 1.807) is 0 Å². The Labute approximate surface area is 107 Å². The van der Waals surface area contributed by atoms with Crippen LogP contribution >= 0.6 is 0 Å². The second-order valence-electron chi connectivity index (χ2n) is 5.15. The van der Waals surface area contributed by atoms with Crippen LogP contribution in [-0.2, 0) is 4.74 Å². The van der Waals surface area contributed by atoms with Crippen molar-refractivity contribution >= 4 is 0 Å². The first-order chi connectivity index (χ1) is 8.50. The molecule has 0 aromatic carbocycles. The molecule has 19 heavy (non-hydrogen) atoms. The third-order valence-electron chi connectivity index (χ3n) is 3.52. The van der Waals surface area contributed by atoms with Gasteiger partial charge in [-0.2, -0.15) is 26.3 Å². The van der Waals surface area contributed by atoms with E-state index in [-0.39, 0.29) is 25.3 Å². The van der Waals surface area contributed by atoms with E-state index >= 15 is 0 Å². The second kappa shape index (κ2) is 5.47. The van der Waals surface area contributed by atoms with E-state index in [1.807, 2.05) is 6.92 Å². The highest BCUT2D eigenvalue weighted by atomic mass is 19.4. The Hall–Kier alpha value is -0.500. The molecule has 1 aliphatic carbocycles. The number of ether oxygens (including phenoxy) is 1. The maximum Gasteiger partial charge on any atom is 0.423 e. The van der Waals surface area contributed by atoms with Crippen molar-refractivity contribution in [2.24, 2.45) is 11.7 Å². The summed E-state index contributed by atoms with van der Waals surface area (Å²) in [5.74, 6) is 0.262. The lowest BCUT2D eigenvalue weighted by Crippen LogP contribution is -2.54. The number of alkyl halides is 6. The van der Waals surface area contributed by atoms with Crippen LogP contribution in [0.3, 0.4) is 0 Å². The summed E-state index contributed by atoms with van der Waals surface area (Å²) in [4.78, 5) is 0. The zero-order chi connectivity index (χ0) is 14.9. The van der Waals surface area contributed by atoms with Crippen molar-refractivity contribution in [1.29, 1.82) is 0 Å². The van der Waals surface area contributed by atoms with Crippen LogP contribution in [0.15, 0.2) is 0 Å². The quantitative estimate of drug-likeness (QED) is 0.809. The third kappa shape index (κ3) is 4.24. The molecule has 114 valence electrons. The maximum atomic E-state index is 12.5. The molecule has 2 nitrogen and oxygen atoms in total. The Balaban J connectivity index is 2.88. The number of hydrogen-bond acceptors (Lipinski definition) is 2. The van der Waals surface area contributed by atoms with Gasteiger partial charge in [0.15, 0.2) is 0 Å². The molecule has 0 amide bonds. The topological polar surface area (TPSA) is 35.2 Å². The molecule has 0 aliphatic heterocycles. The molecule has 0 saturated heterocycles. The molecular weight excluding hydrogens is 276 g/mol. The first kappa shape index (κ1) is 16.6. The van der Waals surface area contributed by atoms with Gasteiger partial charge in [0.25, 0.3) is 0 Å². The van der Waals surface area contributed by atoms with Gasteiger partial charge in [-0.25, -0.2) is 0 Å². The predicted octanol–water partition coefficient (Wildman–Crippen LogP) is 3.40. The van der Waals surface area contributed by atoms with Gasteiger partial charge in [0.05, 0.1) is 5.60 Å². The van der Waals surface area contributed by atoms with Crippen LogP contribution < -0.4 is 5.73 Å². The minimum Gasteiger partial charge on any atom is -0.353 e. The summed E-state index contributed by atoms with van der Waals surface area (Å²) in [5, 5.41) is 0. The van der Waals surface area contributed by atoms with E-state index < -0.39 is 24.1 Å². The van der Waals surface area contributed by atoms with Gasteiger partial charge in [0.1, 0.15) is 0 Å². The molecule has 0 heterocycles. The highest BCUT2D eigenvalue weighted by Gasteiger charge is 2.60. The normalized spacial score (nSPS) is 29.8. The van der Waals surface area contributed by atoms with Crippen LogP contribution in [0.25, 0.3) is 0 Å². The molecule has 2 N–H and O–H groups in total. The van der Waals surface area contributed by atoms with Crippen LogP contribution in [0, 0.1) is 5.92 Å². The van der Waals surface area contributed by atoms with Crippen LogP contribution in [-0.4, -0.2) is 30.6 Å². The van der Waals surface area contributed by atoms with Gasteiger partial charge in [-0.05, 0) is 31.6 Å². The minimum atomic E-state index is -5.48. The molecule has 1 aliphatic rings. The predicted molar refractivity (Wildman–Crippen MR) is 56.4 cm³/mol. The van der Waals surface area contributed by atoms with Crippen LogP contribution in [0.5, 0.6) is 0 Å². The average Bonchev–Trinajstić information content (AvgIpc) is 2.26. The highest BCUT2D eigenvalue weighted by molar-refractivity contribution is 4.91. The molecule has 0 spiro atoms. The van der Waals surface area contributed by atoms with E-state index in [2.05, 4.69) is 4.74 Å². The van der Waals surface area contributed by atoms with Crippen molar-refractivity contribution in [3.05, 3.63) is 0 Å². The Morgan fingerprint density at radius 1 is 1.11 bits per heavy atom. The van der Waals surface area contributed by atoms with Gasteiger partial charge in [0.2, 0.25) is 6.10 Å². The summed E-state index contributed by atoms with van der Waals surface area (Å²) in [6.07, 6.45) is -13.5. The minimum absolute atomic E-state index is 0.118. The monoisotopic (exact) mass is 293 g/mol. The van der Waals surface area contributed by atoms with Crippen LogP contribution in [0.4, 0.5) is 26.3 Å². The zero-order valence-corrected chi connectivity index (χ0v) is 10.4. The molecule has 0 unspecified atom stereocenters. The van der Waals surface area contributed by atoms with E-state index in [9.17, 15) is 26.3 Å². The average molecular weight is 293 g/mol. The number of halogens is 6. The Bertz CT molecular complexity index is 279. The SMILES string of the molecule is CC1CCC(CN)(OC(C(F)(F)F)C(F)(F)F)CC1. The van der Waals surface area contributed by atoms with Gasteiger partial charge < -0.3 is 10.5 Å². The van der Waals surface area contributed by atoms with E-state index in [0.29, 0.717) is 12.8 Å². The van der Waals surface area contributed by atoms with Crippen molar-refractivity contribution < 1.29 is 31.1 Å². The molecule has 1 rings (SSSR count). The molecule has 0 aromatic heterocycles. The Morgan fingerprint density at radius 2 is 1.53 bits per heavy atom. The van der Waals surface area contributed by atoms with E-state index in [0.717, 1.165) is 0 Å². The number of nitrogens with two attached hydrogens (primary N) is 1. The summed E-state index contributed by atoms with van der Waals surface area (Å²) in [5.41, 5.74) is 3.83. The first-order valence-electron chi connectivity index (χ1n) is 6.01. The zero-order valence-electron chi connectivity index (χ0n) is 10.4. The fourth-order valence-corrected chi connectivity index (χ4v) is 2.23. The van der Waals surface area contributed by atoms with Gasteiger partial charge in [-0.15, -0.1) is 0 Å². The fraction of sp³-hybridized carbons (Fsp3) is 1.00. The molecule has 1 fully saturated rings. The van der Waals surface area contributed by atoms with Crippen LogP contribution in [0.1, 0.15) is 32.6 Å². The first-order valence-corrected chi connectivity index (χ1v) is 6.01. The summed E-state index contributed by atoms with van der Waals surface area (Å²) in [6, 6.07) is 0. The van der Waals surface area contributed by atoms with Gasteiger partial charge in [-0.3, -0.25) is 0 Å². The second-order valence-corrected chi connectivity index (χ2v) is 5.15. The van der Waals surface area contributed by atoms with Crippen LogP contribution in [0.2, 0.25) is 0 Å². The highest BCUT2D eigenvalue weighted by Crippen LogP contribution is 2.42. The fourth-order valence-electron chi connectivity index (χ4n) is 2.23. The maximum absolute atomic E-state index is 12.5. The summed E-state index contributed by atoms with van der Waals surface area (Å²) in [6.45, 7) is 1.55. The molecule has 0 radical (unpaired) electrons. The van der Waals surface area contributed by atoms with Gasteiger partial charge >= 0.3 is 12.4 Å². The Morgan fingerprint density at radius 3 is 1.84 bits per heavy atom. The summed E-state index contributed by atoms with van der Waals surface area (Å²) < 4.78 is 79.2. The number of hydrogen-bond donors (Lipinski definition) is 1. The lowest BCUT2D eigenvalue weighted by atomic mass is 9.79. The molecule has 0 bridgehead atoms. The van der Waals surface area contributed by atoms with Crippen molar-refractivity contribution in [3.8, 4) is 0 Å². The lowest BCUT2D eigenvalue weighted by Gasteiger charge is -2.41. The van der Waals surface area contributed by atoms with E-state index in [4.69, 9.17) is 5.73 Å². The van der Waals surface area contributed by atoms with Crippen molar-refractivity contribution in [3.63, 3.8) is 0 Å². The molecular formula is C11H17F6NO. The third-order valence-corrected chi connectivity index (χ3v) is 3.52. The molecule has 0 aromatic rings. The van der Waals surface area contributed by atoms with Crippen molar-refractivity contribution in [2.75, 3.05) is 6.54 Å². The van der Waals surface area contributed by atoms with Gasteiger partial charge in [0, 0.05) is 6.54 Å². The standard InChI is InChI=1S/C11H17F6NO/c1-7-2-4-9(6-18,5-3-7)19-8(10(12,13)14)11(15,16)17/h7-8H,2-6,18H2,1H3. The lowest BCUT2D eigenvalue weighted by molar-refractivity contribution is -0.346. The molecule has 8 heteroatoms. The summed E-state index contributed by atoms with van der Waals surface area (Å²) in [7, 11) is 0. The molecule has 1 saturated carbocycles. The summed E-state index contributed by atoms with van der Waals surface area (Å²) >= 11 is 0. The van der Waals surface area contributed by atoms with Crippen molar-refractivity contribution in [1.82, 2.24) is 0 Å². The van der Waals surface area contributed by atoms with Crippen molar-refractivity contribution in [2.45, 2.75) is 56.7 Å². The smallest absolute Gasteiger partial charge is 0.353 e. The van der Waals surface area contributed by atoms with Gasteiger partial charge in [-0.1, -0.05) is 6.92 Å². The Kier molecular flexibility index (Phi) is 4.77. The number of rotatable bonds is 3. The van der Waals surface area contributed by atoms with E-state index in [1.165, 1.54) is 0 Å². The largest absolute Gasteiger partial charge is 0.423 e. The molecule has 0 atom stereocenters.